The van der Waals surface area contributed by atoms with Gasteiger partial charge in [-0.2, -0.15) is 5.26 Å². The van der Waals surface area contributed by atoms with Gasteiger partial charge in [-0.15, -0.1) is 0 Å². The lowest BCUT2D eigenvalue weighted by Crippen LogP contribution is -2.47. The highest BCUT2D eigenvalue weighted by Crippen LogP contribution is 2.40. The topological polar surface area (TPSA) is 107 Å². The van der Waals surface area contributed by atoms with E-state index in [0.717, 1.165) is 6.42 Å². The number of sulfonamides is 1. The lowest BCUT2D eigenvalue weighted by Gasteiger charge is -2.37. The van der Waals surface area contributed by atoms with Crippen LogP contribution >= 0.6 is 0 Å². The molecule has 0 amide bonds. The number of nitrogens with one attached hydrogen (secondary N) is 1. The zero-order valence-corrected chi connectivity index (χ0v) is 11.5. The number of hydrogen-bond acceptors (Lipinski definition) is 4. The Morgan fingerprint density at radius 1 is 1.40 bits per heavy atom. The van der Waals surface area contributed by atoms with Crippen LogP contribution in [0, 0.1) is 16.7 Å². The molecule has 7 heteroatoms. The highest BCUT2D eigenvalue weighted by Gasteiger charge is 2.45. The summed E-state index contributed by atoms with van der Waals surface area (Å²) in [6, 6.07) is 7.64. The summed E-state index contributed by atoms with van der Waals surface area (Å²) in [4.78, 5) is 11.1. The van der Waals surface area contributed by atoms with E-state index < -0.39 is 21.4 Å². The summed E-state index contributed by atoms with van der Waals surface area (Å²) in [5.74, 6) is -0.986. The summed E-state index contributed by atoms with van der Waals surface area (Å²) in [7, 11) is -3.88. The highest BCUT2D eigenvalue weighted by atomic mass is 32.2. The monoisotopic (exact) mass is 294 g/mol. The summed E-state index contributed by atoms with van der Waals surface area (Å²) in [5, 5.41) is 18.1. The molecular formula is C13H14N2O4S. The summed E-state index contributed by atoms with van der Waals surface area (Å²) in [5.41, 5.74) is -0.966. The maximum absolute atomic E-state index is 12.2. The molecule has 0 saturated heterocycles. The van der Waals surface area contributed by atoms with Crippen LogP contribution in [0.15, 0.2) is 29.2 Å². The van der Waals surface area contributed by atoms with Crippen molar-refractivity contribution in [3.8, 4) is 6.07 Å². The maximum atomic E-state index is 12.2. The van der Waals surface area contributed by atoms with E-state index in [1.165, 1.54) is 18.2 Å². The molecule has 1 aliphatic rings. The molecule has 0 unspecified atom stereocenters. The molecule has 0 radical (unpaired) electrons. The minimum Gasteiger partial charge on any atom is -0.481 e. The van der Waals surface area contributed by atoms with E-state index in [9.17, 15) is 13.2 Å². The standard InChI is InChI=1S/C13H14N2O4S/c14-8-10-4-1-2-5-11(10)20(18,19)15-9-13(12(16)17)6-3-7-13/h1-2,4-5,15H,3,6-7,9H2,(H,16,17). The number of nitriles is 1. The van der Waals surface area contributed by atoms with E-state index in [1.54, 1.807) is 6.07 Å². The molecule has 1 aliphatic carbocycles. The third-order valence-corrected chi connectivity index (χ3v) is 5.12. The Bertz CT molecular complexity index is 672. The second-order valence-electron chi connectivity index (χ2n) is 4.87. The number of carboxylic acid groups (broad SMARTS) is 1. The quantitative estimate of drug-likeness (QED) is 0.845. The van der Waals surface area contributed by atoms with Crippen LogP contribution in [0.5, 0.6) is 0 Å². The normalized spacial score (nSPS) is 16.9. The van der Waals surface area contributed by atoms with Crippen molar-refractivity contribution < 1.29 is 18.3 Å². The Balaban J connectivity index is 2.20. The van der Waals surface area contributed by atoms with Gasteiger partial charge < -0.3 is 5.11 Å². The molecule has 0 aliphatic heterocycles. The van der Waals surface area contributed by atoms with Gasteiger partial charge in [-0.3, -0.25) is 4.79 Å². The van der Waals surface area contributed by atoms with Crippen molar-refractivity contribution >= 4 is 16.0 Å². The van der Waals surface area contributed by atoms with Gasteiger partial charge in [0, 0.05) is 6.54 Å². The zero-order valence-electron chi connectivity index (χ0n) is 10.7. The Morgan fingerprint density at radius 3 is 2.55 bits per heavy atom. The maximum Gasteiger partial charge on any atom is 0.310 e. The van der Waals surface area contributed by atoms with Gasteiger partial charge in [0.2, 0.25) is 10.0 Å². The summed E-state index contributed by atoms with van der Waals surface area (Å²) in [6.07, 6.45) is 1.71. The number of hydrogen-bond donors (Lipinski definition) is 2. The Morgan fingerprint density at radius 2 is 2.05 bits per heavy atom. The first kappa shape index (κ1) is 14.5. The lowest BCUT2D eigenvalue weighted by atomic mass is 9.69. The predicted octanol–water partition coefficient (Wildman–Crippen LogP) is 1.09. The number of benzene rings is 1. The number of carboxylic acids is 1. The molecule has 2 rings (SSSR count). The largest absolute Gasteiger partial charge is 0.481 e. The fraction of sp³-hybridized carbons (Fsp3) is 0.385. The van der Waals surface area contributed by atoms with Crippen LogP contribution < -0.4 is 4.72 Å². The lowest BCUT2D eigenvalue weighted by molar-refractivity contribution is -0.153. The Labute approximate surface area is 117 Å². The van der Waals surface area contributed by atoms with Crippen LogP contribution in [0.1, 0.15) is 24.8 Å². The van der Waals surface area contributed by atoms with Gasteiger partial charge in [-0.05, 0) is 25.0 Å². The van der Waals surface area contributed by atoms with Gasteiger partial charge in [0.25, 0.3) is 0 Å². The van der Waals surface area contributed by atoms with Crippen molar-refractivity contribution in [1.29, 1.82) is 5.26 Å². The Kier molecular flexibility index (Phi) is 3.79. The fourth-order valence-corrected chi connectivity index (χ4v) is 3.46. The molecule has 20 heavy (non-hydrogen) atoms. The third kappa shape index (κ3) is 2.53. The first-order valence-corrected chi connectivity index (χ1v) is 7.62. The van der Waals surface area contributed by atoms with Crippen LogP contribution in [-0.2, 0) is 14.8 Å². The van der Waals surface area contributed by atoms with Gasteiger partial charge >= 0.3 is 5.97 Å². The molecule has 1 aromatic rings. The van der Waals surface area contributed by atoms with Crippen LogP contribution in [0.2, 0.25) is 0 Å². The summed E-state index contributed by atoms with van der Waals surface area (Å²) < 4.78 is 26.6. The molecule has 0 aromatic heterocycles. The average molecular weight is 294 g/mol. The van der Waals surface area contributed by atoms with E-state index in [1.807, 2.05) is 6.07 Å². The zero-order chi connectivity index (χ0) is 14.8. The molecule has 0 bridgehead atoms. The molecule has 0 spiro atoms. The van der Waals surface area contributed by atoms with Crippen molar-refractivity contribution in [2.24, 2.45) is 5.41 Å². The van der Waals surface area contributed by atoms with Gasteiger partial charge in [-0.25, -0.2) is 13.1 Å². The molecule has 6 nitrogen and oxygen atoms in total. The van der Waals surface area contributed by atoms with Gasteiger partial charge in [0.15, 0.2) is 0 Å². The molecule has 2 N–H and O–H groups in total. The first-order valence-electron chi connectivity index (χ1n) is 6.13. The highest BCUT2D eigenvalue weighted by molar-refractivity contribution is 7.89. The molecule has 106 valence electrons. The van der Waals surface area contributed by atoms with E-state index >= 15 is 0 Å². The van der Waals surface area contributed by atoms with E-state index in [4.69, 9.17) is 10.4 Å². The van der Waals surface area contributed by atoms with Crippen molar-refractivity contribution in [3.05, 3.63) is 29.8 Å². The van der Waals surface area contributed by atoms with Crippen LogP contribution in [0.25, 0.3) is 0 Å². The fourth-order valence-electron chi connectivity index (χ4n) is 2.17. The minimum atomic E-state index is -3.88. The van der Waals surface area contributed by atoms with E-state index in [2.05, 4.69) is 4.72 Å². The van der Waals surface area contributed by atoms with E-state index in [0.29, 0.717) is 12.8 Å². The number of nitrogens with zero attached hydrogens (tertiary/aromatic N) is 1. The van der Waals surface area contributed by atoms with Crippen molar-refractivity contribution in [2.75, 3.05) is 6.54 Å². The molecule has 0 heterocycles. The predicted molar refractivity (Wildman–Crippen MR) is 70.3 cm³/mol. The van der Waals surface area contributed by atoms with Crippen LogP contribution in [-0.4, -0.2) is 26.0 Å². The third-order valence-electron chi connectivity index (χ3n) is 3.66. The van der Waals surface area contributed by atoms with Gasteiger partial charge in [0.1, 0.15) is 6.07 Å². The number of carbonyl (C=O) groups is 1. The van der Waals surface area contributed by atoms with Crippen molar-refractivity contribution in [2.45, 2.75) is 24.2 Å². The molecule has 1 aromatic carbocycles. The first-order chi connectivity index (χ1) is 9.41. The van der Waals surface area contributed by atoms with Crippen LogP contribution in [0.4, 0.5) is 0 Å². The molecule has 1 saturated carbocycles. The number of rotatable bonds is 5. The SMILES string of the molecule is N#Cc1ccccc1S(=O)(=O)NCC1(C(=O)O)CCC1. The van der Waals surface area contributed by atoms with Crippen LogP contribution in [0.3, 0.4) is 0 Å². The average Bonchev–Trinajstić information content (AvgIpc) is 2.37. The summed E-state index contributed by atoms with van der Waals surface area (Å²) >= 11 is 0. The molecule has 1 fully saturated rings. The molecular weight excluding hydrogens is 280 g/mol. The Hall–Kier alpha value is -1.91. The minimum absolute atomic E-state index is 0.0398. The smallest absolute Gasteiger partial charge is 0.310 e. The van der Waals surface area contributed by atoms with Crippen molar-refractivity contribution in [3.63, 3.8) is 0 Å². The van der Waals surface area contributed by atoms with Crippen molar-refractivity contribution in [1.82, 2.24) is 4.72 Å². The van der Waals surface area contributed by atoms with Gasteiger partial charge in [0.05, 0.1) is 15.9 Å². The summed E-state index contributed by atoms with van der Waals surface area (Å²) in [6.45, 7) is -0.148. The number of aliphatic carboxylic acids is 1. The van der Waals surface area contributed by atoms with Gasteiger partial charge in [-0.1, -0.05) is 18.6 Å². The van der Waals surface area contributed by atoms with E-state index in [-0.39, 0.29) is 17.0 Å². The second kappa shape index (κ2) is 5.23. The second-order valence-corrected chi connectivity index (χ2v) is 6.61. The molecule has 0 atom stereocenters.